The van der Waals surface area contributed by atoms with Crippen LogP contribution in [0.3, 0.4) is 0 Å². The van der Waals surface area contributed by atoms with Gasteiger partial charge < -0.3 is 15.6 Å². The number of aliphatic hydroxyl groups is 1. The highest BCUT2D eigenvalue weighted by molar-refractivity contribution is 5.81. The van der Waals surface area contributed by atoms with Crippen molar-refractivity contribution >= 4 is 5.97 Å². The molecule has 0 aromatic heterocycles. The molecule has 0 unspecified atom stereocenters. The van der Waals surface area contributed by atoms with Crippen molar-refractivity contribution in [1.29, 1.82) is 0 Å². The summed E-state index contributed by atoms with van der Waals surface area (Å²) in [6, 6.07) is 0. The number of nitrogens with two attached hydrogens (primary N) is 1. The molecular weight excluding hydrogens is 146 g/mol. The Morgan fingerprint density at radius 1 is 1.82 bits per heavy atom. The molecular formula is C7H13NO3. The van der Waals surface area contributed by atoms with Crippen LogP contribution in [0.4, 0.5) is 0 Å². The van der Waals surface area contributed by atoms with Crippen LogP contribution in [0.5, 0.6) is 0 Å². The van der Waals surface area contributed by atoms with Crippen molar-refractivity contribution < 1.29 is 14.6 Å². The first-order valence-corrected chi connectivity index (χ1v) is 3.60. The minimum atomic E-state index is -0.817. The van der Waals surface area contributed by atoms with Crippen molar-refractivity contribution in [2.75, 3.05) is 13.7 Å². The fourth-order valence-electron chi connectivity index (χ4n) is 1.47. The molecule has 1 aliphatic carbocycles. The highest BCUT2D eigenvalue weighted by atomic mass is 16.5. The smallest absolute Gasteiger partial charge is 0.325 e. The third kappa shape index (κ3) is 1.36. The van der Waals surface area contributed by atoms with Crippen LogP contribution in [0.25, 0.3) is 0 Å². The second-order valence-electron chi connectivity index (χ2n) is 3.10. The molecule has 1 saturated carbocycles. The van der Waals surface area contributed by atoms with Gasteiger partial charge in [0.05, 0.1) is 7.11 Å². The average molecular weight is 159 g/mol. The van der Waals surface area contributed by atoms with E-state index in [1.54, 1.807) is 0 Å². The fourth-order valence-corrected chi connectivity index (χ4v) is 1.47. The molecule has 0 aromatic carbocycles. The predicted molar refractivity (Wildman–Crippen MR) is 38.7 cm³/mol. The number of hydrogen-bond acceptors (Lipinski definition) is 4. The molecule has 1 fully saturated rings. The van der Waals surface area contributed by atoms with Gasteiger partial charge in [0.2, 0.25) is 0 Å². The van der Waals surface area contributed by atoms with Gasteiger partial charge in [-0.1, -0.05) is 0 Å². The van der Waals surface area contributed by atoms with E-state index >= 15 is 0 Å². The Morgan fingerprint density at radius 2 is 2.36 bits per heavy atom. The third-order valence-corrected chi connectivity index (χ3v) is 2.16. The Morgan fingerprint density at radius 3 is 2.73 bits per heavy atom. The number of carbonyl (C=O) groups is 1. The van der Waals surface area contributed by atoms with Crippen molar-refractivity contribution in [2.45, 2.75) is 18.4 Å². The van der Waals surface area contributed by atoms with Crippen molar-refractivity contribution in [3.8, 4) is 0 Å². The third-order valence-electron chi connectivity index (χ3n) is 2.16. The Bertz CT molecular complexity index is 163. The Balaban J connectivity index is 2.42. The maximum atomic E-state index is 10.9. The van der Waals surface area contributed by atoms with E-state index in [0.717, 1.165) is 0 Å². The van der Waals surface area contributed by atoms with Crippen molar-refractivity contribution in [3.63, 3.8) is 0 Å². The number of aliphatic hydroxyl groups excluding tert-OH is 1. The lowest BCUT2D eigenvalue weighted by molar-refractivity contribution is -0.153. The second kappa shape index (κ2) is 2.79. The first kappa shape index (κ1) is 8.49. The van der Waals surface area contributed by atoms with E-state index in [9.17, 15) is 4.79 Å². The molecule has 0 aliphatic heterocycles. The van der Waals surface area contributed by atoms with Crippen LogP contribution >= 0.6 is 0 Å². The number of methoxy groups -OCH3 is 1. The van der Waals surface area contributed by atoms with Crippen LogP contribution in [0.1, 0.15) is 12.8 Å². The molecule has 0 aromatic rings. The van der Waals surface area contributed by atoms with Crippen LogP contribution in [0.15, 0.2) is 0 Å². The predicted octanol–water partition coefficient (Wildman–Crippen LogP) is -0.741. The Kier molecular flexibility index (Phi) is 2.15. The summed E-state index contributed by atoms with van der Waals surface area (Å²) in [6.45, 7) is 0.107. The Labute approximate surface area is 65.3 Å². The summed E-state index contributed by atoms with van der Waals surface area (Å²) in [7, 11) is 1.32. The van der Waals surface area contributed by atoms with E-state index in [-0.39, 0.29) is 18.5 Å². The molecule has 0 bridgehead atoms. The van der Waals surface area contributed by atoms with Gasteiger partial charge in [0.25, 0.3) is 0 Å². The maximum absolute atomic E-state index is 10.9. The minimum absolute atomic E-state index is 0.107. The largest absolute Gasteiger partial charge is 0.468 e. The zero-order valence-electron chi connectivity index (χ0n) is 6.54. The lowest BCUT2D eigenvalue weighted by atomic mass is 9.69. The summed E-state index contributed by atoms with van der Waals surface area (Å²) in [5.74, 6) is -0.193. The molecule has 0 saturated heterocycles. The van der Waals surface area contributed by atoms with E-state index in [1.165, 1.54) is 7.11 Å². The van der Waals surface area contributed by atoms with E-state index in [4.69, 9.17) is 10.8 Å². The normalized spacial score (nSPS) is 36.1. The molecule has 0 amide bonds. The van der Waals surface area contributed by atoms with Gasteiger partial charge >= 0.3 is 5.97 Å². The fraction of sp³-hybridized carbons (Fsp3) is 0.857. The van der Waals surface area contributed by atoms with Crippen LogP contribution in [-0.2, 0) is 9.53 Å². The van der Waals surface area contributed by atoms with Crippen LogP contribution in [0.2, 0.25) is 0 Å². The highest BCUT2D eigenvalue weighted by Crippen LogP contribution is 2.35. The molecule has 0 heterocycles. The molecule has 1 rings (SSSR count). The SMILES string of the molecule is COC(=O)[C@]1(N)C[C@H](CO)C1. The van der Waals surface area contributed by atoms with E-state index in [2.05, 4.69) is 4.74 Å². The maximum Gasteiger partial charge on any atom is 0.325 e. The highest BCUT2D eigenvalue weighted by Gasteiger charge is 2.47. The average Bonchev–Trinajstić information content (AvgIpc) is 1.96. The first-order chi connectivity index (χ1) is 5.12. The number of rotatable bonds is 2. The Hall–Kier alpha value is -0.610. The van der Waals surface area contributed by atoms with Crippen LogP contribution in [0, 0.1) is 5.92 Å². The molecule has 0 spiro atoms. The second-order valence-corrected chi connectivity index (χ2v) is 3.10. The number of hydrogen-bond donors (Lipinski definition) is 2. The molecule has 11 heavy (non-hydrogen) atoms. The molecule has 3 N–H and O–H groups in total. The van der Waals surface area contributed by atoms with Crippen LogP contribution < -0.4 is 5.73 Å². The van der Waals surface area contributed by atoms with Crippen molar-refractivity contribution in [3.05, 3.63) is 0 Å². The molecule has 0 radical (unpaired) electrons. The zero-order valence-corrected chi connectivity index (χ0v) is 6.54. The molecule has 64 valence electrons. The van der Waals surface area contributed by atoms with Gasteiger partial charge in [0, 0.05) is 6.61 Å². The lowest BCUT2D eigenvalue weighted by Gasteiger charge is -2.41. The van der Waals surface area contributed by atoms with E-state index < -0.39 is 5.54 Å². The minimum Gasteiger partial charge on any atom is -0.468 e. The summed E-state index contributed by atoms with van der Waals surface area (Å²) in [5.41, 5.74) is 4.82. The van der Waals surface area contributed by atoms with Crippen molar-refractivity contribution in [1.82, 2.24) is 0 Å². The summed E-state index contributed by atoms with van der Waals surface area (Å²) in [6.07, 6.45) is 1.08. The van der Waals surface area contributed by atoms with Crippen LogP contribution in [-0.4, -0.2) is 30.3 Å². The van der Waals surface area contributed by atoms with Gasteiger partial charge in [-0.25, -0.2) is 0 Å². The van der Waals surface area contributed by atoms with Gasteiger partial charge in [-0.3, -0.25) is 4.79 Å². The molecule has 4 heteroatoms. The summed E-state index contributed by atoms with van der Waals surface area (Å²) < 4.78 is 4.50. The molecule has 1 aliphatic rings. The summed E-state index contributed by atoms with van der Waals surface area (Å²) >= 11 is 0. The molecule has 0 atom stereocenters. The van der Waals surface area contributed by atoms with Gasteiger partial charge in [-0.15, -0.1) is 0 Å². The standard InChI is InChI=1S/C7H13NO3/c1-11-6(10)7(8)2-5(3-7)4-9/h5,9H,2-4,8H2,1H3/t5-,7-. The topological polar surface area (TPSA) is 72.5 Å². The number of carbonyl (C=O) groups excluding carboxylic acids is 1. The van der Waals surface area contributed by atoms with Crippen molar-refractivity contribution in [2.24, 2.45) is 11.7 Å². The summed E-state index contributed by atoms with van der Waals surface area (Å²) in [4.78, 5) is 10.9. The van der Waals surface area contributed by atoms with Gasteiger partial charge in [0.1, 0.15) is 5.54 Å². The van der Waals surface area contributed by atoms with Gasteiger partial charge in [-0.05, 0) is 18.8 Å². The quantitative estimate of drug-likeness (QED) is 0.520. The molecule has 4 nitrogen and oxygen atoms in total. The monoisotopic (exact) mass is 159 g/mol. The first-order valence-electron chi connectivity index (χ1n) is 3.60. The van der Waals surface area contributed by atoms with Gasteiger partial charge in [-0.2, -0.15) is 0 Å². The lowest BCUT2D eigenvalue weighted by Crippen LogP contribution is -2.59. The summed E-state index contributed by atoms with van der Waals surface area (Å²) in [5, 5.41) is 8.67. The zero-order chi connectivity index (χ0) is 8.48. The number of esters is 1. The van der Waals surface area contributed by atoms with E-state index in [0.29, 0.717) is 12.8 Å². The van der Waals surface area contributed by atoms with E-state index in [1.807, 2.05) is 0 Å². The van der Waals surface area contributed by atoms with Gasteiger partial charge in [0.15, 0.2) is 0 Å². The number of ether oxygens (including phenoxy) is 1.